The molecule has 20 heavy (non-hydrogen) atoms. The lowest BCUT2D eigenvalue weighted by Gasteiger charge is -2.04. The Labute approximate surface area is 118 Å². The van der Waals surface area contributed by atoms with Gasteiger partial charge in [0.25, 0.3) is 0 Å². The van der Waals surface area contributed by atoms with Gasteiger partial charge in [0.1, 0.15) is 5.75 Å². The molecule has 3 nitrogen and oxygen atoms in total. The first kappa shape index (κ1) is 12.5. The molecule has 3 rings (SSSR count). The van der Waals surface area contributed by atoms with Gasteiger partial charge in [0.05, 0.1) is 18.5 Å². The van der Waals surface area contributed by atoms with E-state index in [1.165, 1.54) is 5.56 Å². The highest BCUT2D eigenvalue weighted by molar-refractivity contribution is 5.31. The van der Waals surface area contributed by atoms with Gasteiger partial charge in [-0.25, -0.2) is 4.68 Å². The van der Waals surface area contributed by atoms with Gasteiger partial charge in [0, 0.05) is 12.6 Å². The molecule has 3 aromatic rings. The number of rotatable bonds is 5. The molecule has 0 fully saturated rings. The Morgan fingerprint density at radius 1 is 0.900 bits per heavy atom. The molecule has 0 aliphatic carbocycles. The van der Waals surface area contributed by atoms with E-state index in [2.05, 4.69) is 5.10 Å². The van der Waals surface area contributed by atoms with E-state index in [4.69, 9.17) is 4.74 Å². The molecule has 2 aromatic carbocycles. The van der Waals surface area contributed by atoms with Crippen LogP contribution in [0.3, 0.4) is 0 Å². The zero-order valence-corrected chi connectivity index (χ0v) is 11.1. The van der Waals surface area contributed by atoms with E-state index in [9.17, 15) is 0 Å². The monoisotopic (exact) mass is 264 g/mol. The summed E-state index contributed by atoms with van der Waals surface area (Å²) in [6.45, 7) is 0.657. The number of para-hydroxylation sites is 2. The quantitative estimate of drug-likeness (QED) is 0.705. The average Bonchev–Trinajstić information content (AvgIpc) is 2.98. The third-order valence-corrected chi connectivity index (χ3v) is 3.06. The summed E-state index contributed by atoms with van der Waals surface area (Å²) in [5.74, 6) is 0.906. The molecule has 1 aromatic heterocycles. The van der Waals surface area contributed by atoms with Gasteiger partial charge in [-0.15, -0.1) is 0 Å². The van der Waals surface area contributed by atoms with Crippen molar-refractivity contribution in [2.45, 2.75) is 6.42 Å². The Morgan fingerprint density at radius 2 is 1.60 bits per heavy atom. The van der Waals surface area contributed by atoms with Gasteiger partial charge in [-0.2, -0.15) is 5.10 Å². The van der Waals surface area contributed by atoms with Gasteiger partial charge in [-0.05, 0) is 29.8 Å². The van der Waals surface area contributed by atoms with Crippen LogP contribution >= 0.6 is 0 Å². The summed E-state index contributed by atoms with van der Waals surface area (Å²) >= 11 is 0. The van der Waals surface area contributed by atoms with Crippen LogP contribution < -0.4 is 4.74 Å². The molecule has 100 valence electrons. The van der Waals surface area contributed by atoms with Crippen LogP contribution in [0.1, 0.15) is 5.56 Å². The highest BCUT2D eigenvalue weighted by atomic mass is 16.5. The highest BCUT2D eigenvalue weighted by Gasteiger charge is 2.01. The Bertz CT molecular complexity index is 647. The second-order valence-electron chi connectivity index (χ2n) is 4.54. The van der Waals surface area contributed by atoms with Crippen LogP contribution in [-0.4, -0.2) is 16.4 Å². The van der Waals surface area contributed by atoms with E-state index in [0.717, 1.165) is 17.9 Å². The molecule has 0 saturated carbocycles. The van der Waals surface area contributed by atoms with Crippen LogP contribution in [-0.2, 0) is 6.42 Å². The molecule has 0 atom stereocenters. The van der Waals surface area contributed by atoms with Gasteiger partial charge in [0.15, 0.2) is 0 Å². The number of hydrogen-bond donors (Lipinski definition) is 0. The molecule has 0 spiro atoms. The van der Waals surface area contributed by atoms with Crippen LogP contribution in [0.5, 0.6) is 5.75 Å². The van der Waals surface area contributed by atoms with Crippen molar-refractivity contribution in [3.63, 3.8) is 0 Å². The van der Waals surface area contributed by atoms with E-state index in [1.807, 2.05) is 77.7 Å². The number of nitrogens with zero attached hydrogens (tertiary/aromatic N) is 2. The van der Waals surface area contributed by atoms with Crippen molar-refractivity contribution in [3.8, 4) is 11.4 Å². The number of aromatic nitrogens is 2. The summed E-state index contributed by atoms with van der Waals surface area (Å²) in [5.41, 5.74) is 2.24. The fourth-order valence-electron chi connectivity index (χ4n) is 2.01. The van der Waals surface area contributed by atoms with Crippen LogP contribution in [0.2, 0.25) is 0 Å². The second kappa shape index (κ2) is 6.06. The molecular formula is C17H16N2O. The van der Waals surface area contributed by atoms with Crippen molar-refractivity contribution in [1.82, 2.24) is 9.78 Å². The molecule has 0 bridgehead atoms. The molecule has 1 heterocycles. The maximum Gasteiger partial charge on any atom is 0.119 e. The summed E-state index contributed by atoms with van der Waals surface area (Å²) in [6, 6.07) is 20.0. The minimum Gasteiger partial charge on any atom is -0.493 e. The Kier molecular flexibility index (Phi) is 3.78. The third-order valence-electron chi connectivity index (χ3n) is 3.06. The Hall–Kier alpha value is -2.55. The summed E-state index contributed by atoms with van der Waals surface area (Å²) in [4.78, 5) is 0. The van der Waals surface area contributed by atoms with Crippen LogP contribution in [0, 0.1) is 0 Å². The third kappa shape index (κ3) is 3.06. The van der Waals surface area contributed by atoms with Crippen LogP contribution in [0.25, 0.3) is 5.69 Å². The van der Waals surface area contributed by atoms with E-state index < -0.39 is 0 Å². The van der Waals surface area contributed by atoms with Crippen molar-refractivity contribution < 1.29 is 4.74 Å². The lowest BCUT2D eigenvalue weighted by Crippen LogP contribution is -2.00. The van der Waals surface area contributed by atoms with E-state index >= 15 is 0 Å². The highest BCUT2D eigenvalue weighted by Crippen LogP contribution is 2.11. The average molecular weight is 264 g/mol. The van der Waals surface area contributed by atoms with E-state index in [1.54, 1.807) is 0 Å². The molecular weight excluding hydrogens is 248 g/mol. The fourth-order valence-corrected chi connectivity index (χ4v) is 2.01. The summed E-state index contributed by atoms with van der Waals surface area (Å²) in [6.07, 6.45) is 4.78. The standard InChI is InChI=1S/C17H16N2O/c1-3-7-16(8-4-1)19-14-15(13-18-19)11-12-20-17-9-5-2-6-10-17/h1-10,13-14H,11-12H2. The fraction of sp³-hybridized carbons (Fsp3) is 0.118. The van der Waals surface area contributed by atoms with Crippen molar-refractivity contribution in [1.29, 1.82) is 0 Å². The molecule has 0 aliphatic heterocycles. The van der Waals surface area contributed by atoms with Crippen LogP contribution in [0.15, 0.2) is 73.1 Å². The van der Waals surface area contributed by atoms with Gasteiger partial charge >= 0.3 is 0 Å². The number of benzene rings is 2. The largest absolute Gasteiger partial charge is 0.493 e. The smallest absolute Gasteiger partial charge is 0.119 e. The van der Waals surface area contributed by atoms with Gasteiger partial charge in [-0.3, -0.25) is 0 Å². The first-order chi connectivity index (χ1) is 9.92. The van der Waals surface area contributed by atoms with Crippen molar-refractivity contribution in [3.05, 3.63) is 78.6 Å². The molecule has 0 saturated heterocycles. The lowest BCUT2D eigenvalue weighted by molar-refractivity contribution is 0.322. The predicted molar refractivity (Wildman–Crippen MR) is 79.2 cm³/mol. The van der Waals surface area contributed by atoms with Crippen molar-refractivity contribution >= 4 is 0 Å². The number of hydrogen-bond acceptors (Lipinski definition) is 2. The summed E-state index contributed by atoms with van der Waals surface area (Å²) < 4.78 is 7.57. The van der Waals surface area contributed by atoms with E-state index in [-0.39, 0.29) is 0 Å². The number of ether oxygens (including phenoxy) is 1. The molecule has 0 amide bonds. The van der Waals surface area contributed by atoms with Crippen LogP contribution in [0.4, 0.5) is 0 Å². The maximum absolute atomic E-state index is 5.69. The van der Waals surface area contributed by atoms with Crippen molar-refractivity contribution in [2.75, 3.05) is 6.61 Å². The zero-order chi connectivity index (χ0) is 13.6. The van der Waals surface area contributed by atoms with Gasteiger partial charge in [0.2, 0.25) is 0 Å². The van der Waals surface area contributed by atoms with E-state index in [0.29, 0.717) is 6.61 Å². The minimum absolute atomic E-state index is 0.657. The van der Waals surface area contributed by atoms with Gasteiger partial charge < -0.3 is 4.74 Å². The second-order valence-corrected chi connectivity index (χ2v) is 4.54. The summed E-state index contributed by atoms with van der Waals surface area (Å²) in [7, 11) is 0. The SMILES string of the molecule is c1ccc(OCCc2cnn(-c3ccccc3)c2)cc1. The zero-order valence-electron chi connectivity index (χ0n) is 11.1. The summed E-state index contributed by atoms with van der Waals surface area (Å²) in [5, 5.41) is 4.37. The maximum atomic E-state index is 5.69. The molecule has 0 radical (unpaired) electrons. The first-order valence-corrected chi connectivity index (χ1v) is 6.69. The molecule has 3 heteroatoms. The topological polar surface area (TPSA) is 27.1 Å². The molecule has 0 aliphatic rings. The first-order valence-electron chi connectivity index (χ1n) is 6.69. The minimum atomic E-state index is 0.657. The predicted octanol–water partition coefficient (Wildman–Crippen LogP) is 3.49. The van der Waals surface area contributed by atoms with Crippen molar-refractivity contribution in [2.24, 2.45) is 0 Å². The molecule has 0 unspecified atom stereocenters. The molecule has 0 N–H and O–H groups in total. The van der Waals surface area contributed by atoms with Gasteiger partial charge in [-0.1, -0.05) is 36.4 Å². The Balaban J connectivity index is 1.58. The normalized spacial score (nSPS) is 10.4. The lowest BCUT2D eigenvalue weighted by atomic mass is 10.2. The Morgan fingerprint density at radius 3 is 2.35 bits per heavy atom.